The summed E-state index contributed by atoms with van der Waals surface area (Å²) in [7, 11) is 5.52. The monoisotopic (exact) mass is 477 g/mol. The van der Waals surface area contributed by atoms with Gasteiger partial charge in [-0.1, -0.05) is 17.4 Å². The van der Waals surface area contributed by atoms with Gasteiger partial charge in [-0.25, -0.2) is 14.8 Å². The molecule has 0 aliphatic carbocycles. The van der Waals surface area contributed by atoms with E-state index in [0.29, 0.717) is 22.3 Å². The molecule has 0 saturated carbocycles. The molecule has 0 radical (unpaired) electrons. The molecule has 34 heavy (non-hydrogen) atoms. The number of rotatable bonds is 9. The summed E-state index contributed by atoms with van der Waals surface area (Å²) in [5.41, 5.74) is 2.91. The van der Waals surface area contributed by atoms with E-state index in [0.717, 1.165) is 35.3 Å². The molecule has 0 fully saturated rings. The molecule has 2 aromatic heterocycles. The van der Waals surface area contributed by atoms with E-state index in [1.807, 2.05) is 12.3 Å². The highest BCUT2D eigenvalue weighted by Gasteiger charge is 2.15. The van der Waals surface area contributed by atoms with E-state index in [4.69, 9.17) is 0 Å². The fourth-order valence-electron chi connectivity index (χ4n) is 3.75. The number of likely N-dealkylation sites (N-methyl/N-ethyl adjacent to an activating group) is 1. The maximum atomic E-state index is 12.6. The Kier molecular flexibility index (Phi) is 7.34. The number of nitrogens with one attached hydrogen (secondary N) is 2. The summed E-state index contributed by atoms with van der Waals surface area (Å²) in [5.74, 6) is 0.290. The molecule has 0 aliphatic rings. The summed E-state index contributed by atoms with van der Waals surface area (Å²) >= 11 is 1.45. The highest BCUT2D eigenvalue weighted by atomic mass is 32.1. The quantitative estimate of drug-likeness (QED) is 0.351. The summed E-state index contributed by atoms with van der Waals surface area (Å²) in [5, 5.41) is 3.40. The Morgan fingerprint density at radius 3 is 2.59 bits per heavy atom. The summed E-state index contributed by atoms with van der Waals surface area (Å²) in [6, 6.07) is 13.0. The van der Waals surface area contributed by atoms with Crippen molar-refractivity contribution in [1.29, 1.82) is 0 Å². The molecule has 1 unspecified atom stereocenters. The Labute approximate surface area is 202 Å². The van der Waals surface area contributed by atoms with Crippen LogP contribution in [0.15, 0.2) is 54.9 Å². The van der Waals surface area contributed by atoms with Gasteiger partial charge in [-0.15, -0.1) is 0 Å². The third-order valence-corrected chi connectivity index (χ3v) is 6.65. The van der Waals surface area contributed by atoms with E-state index in [2.05, 4.69) is 56.1 Å². The number of carbonyl (C=O) groups excluding carboxylic acids is 2. The zero-order valence-electron chi connectivity index (χ0n) is 19.4. The van der Waals surface area contributed by atoms with Crippen LogP contribution in [0, 0.1) is 0 Å². The molecule has 0 saturated heterocycles. The maximum Gasteiger partial charge on any atom is 0.337 e. The van der Waals surface area contributed by atoms with Crippen LogP contribution in [-0.4, -0.2) is 59.0 Å². The number of nitrogens with zero attached hydrogens (tertiary/aromatic N) is 3. The molecule has 4 aromatic rings. The van der Waals surface area contributed by atoms with Gasteiger partial charge >= 0.3 is 5.97 Å². The van der Waals surface area contributed by atoms with Crippen molar-refractivity contribution in [3.8, 4) is 0 Å². The van der Waals surface area contributed by atoms with Crippen LogP contribution >= 0.6 is 11.3 Å². The minimum atomic E-state index is -0.439. The van der Waals surface area contributed by atoms with Gasteiger partial charge in [-0.2, -0.15) is 0 Å². The number of thiazole rings is 1. The third-order valence-electron chi connectivity index (χ3n) is 5.71. The first-order valence-electron chi connectivity index (χ1n) is 11.0. The number of amides is 1. The van der Waals surface area contributed by atoms with Gasteiger partial charge in [0.25, 0.3) is 5.91 Å². The number of aromatic amines is 1. The number of ether oxygens (including phenoxy) is 1. The fraction of sp³-hybridized carbons (Fsp3) is 0.280. The Bertz CT molecular complexity index is 1270. The van der Waals surface area contributed by atoms with Crippen molar-refractivity contribution in [3.63, 3.8) is 0 Å². The molecule has 0 aliphatic heterocycles. The number of fused-ring (bicyclic) bond motifs is 1. The van der Waals surface area contributed by atoms with Gasteiger partial charge in [0.05, 0.1) is 22.9 Å². The van der Waals surface area contributed by atoms with Crippen LogP contribution in [0.1, 0.15) is 38.5 Å². The summed E-state index contributed by atoms with van der Waals surface area (Å²) in [6.07, 6.45) is 6.44. The first kappa shape index (κ1) is 23.6. The molecular formula is C25H27N5O3S. The Hall–Kier alpha value is -3.56. The number of aromatic nitrogens is 3. The van der Waals surface area contributed by atoms with E-state index in [-0.39, 0.29) is 5.91 Å². The van der Waals surface area contributed by atoms with Gasteiger partial charge in [-0.05, 0) is 68.9 Å². The zero-order chi connectivity index (χ0) is 24.1. The zero-order valence-corrected chi connectivity index (χ0v) is 20.2. The molecule has 2 heterocycles. The van der Waals surface area contributed by atoms with Crippen molar-refractivity contribution in [2.75, 3.05) is 26.5 Å². The molecule has 1 amide bonds. The van der Waals surface area contributed by atoms with Gasteiger partial charge < -0.3 is 14.6 Å². The fourth-order valence-corrected chi connectivity index (χ4v) is 4.67. The molecular weight excluding hydrogens is 450 g/mol. The highest BCUT2D eigenvalue weighted by molar-refractivity contribution is 7.22. The van der Waals surface area contributed by atoms with E-state index < -0.39 is 5.97 Å². The minimum absolute atomic E-state index is 0.277. The third kappa shape index (κ3) is 5.67. The van der Waals surface area contributed by atoms with E-state index in [9.17, 15) is 9.59 Å². The Morgan fingerprint density at radius 2 is 1.91 bits per heavy atom. The van der Waals surface area contributed by atoms with Crippen molar-refractivity contribution >= 4 is 38.6 Å². The lowest BCUT2D eigenvalue weighted by Crippen LogP contribution is -2.30. The first-order chi connectivity index (χ1) is 16.4. The number of hydrogen-bond donors (Lipinski definition) is 2. The molecule has 2 aromatic carbocycles. The van der Waals surface area contributed by atoms with Crippen LogP contribution in [0.2, 0.25) is 0 Å². The van der Waals surface area contributed by atoms with Crippen LogP contribution in [0.3, 0.4) is 0 Å². The average Bonchev–Trinajstić information content (AvgIpc) is 3.50. The minimum Gasteiger partial charge on any atom is -0.465 e. The molecule has 176 valence electrons. The van der Waals surface area contributed by atoms with E-state index in [1.54, 1.807) is 30.5 Å². The SMILES string of the molecule is COC(=O)c1ccc(C(=O)Nc2nc3ccc(CC(CCc4ncc[nH]4)N(C)C)cc3s2)cc1. The van der Waals surface area contributed by atoms with Crippen LogP contribution in [0.5, 0.6) is 0 Å². The maximum absolute atomic E-state index is 12.6. The summed E-state index contributed by atoms with van der Waals surface area (Å²) in [6.45, 7) is 0. The first-order valence-corrected chi connectivity index (χ1v) is 11.8. The van der Waals surface area contributed by atoms with Crippen molar-refractivity contribution in [2.45, 2.75) is 25.3 Å². The van der Waals surface area contributed by atoms with Gasteiger partial charge in [-0.3, -0.25) is 10.1 Å². The summed E-state index contributed by atoms with van der Waals surface area (Å²) < 4.78 is 5.71. The normalized spacial score (nSPS) is 12.1. The van der Waals surface area contributed by atoms with Crippen LogP contribution < -0.4 is 5.32 Å². The molecule has 9 heteroatoms. The number of benzene rings is 2. The highest BCUT2D eigenvalue weighted by Crippen LogP contribution is 2.28. The van der Waals surface area contributed by atoms with Crippen LogP contribution in [-0.2, 0) is 17.6 Å². The number of carbonyl (C=O) groups is 2. The topological polar surface area (TPSA) is 100 Å². The second-order valence-electron chi connectivity index (χ2n) is 8.24. The molecule has 8 nitrogen and oxygen atoms in total. The molecule has 2 N–H and O–H groups in total. The lowest BCUT2D eigenvalue weighted by Gasteiger charge is -2.24. The van der Waals surface area contributed by atoms with Crippen molar-refractivity contribution < 1.29 is 14.3 Å². The van der Waals surface area contributed by atoms with Gasteiger partial charge in [0.1, 0.15) is 5.82 Å². The molecule has 4 rings (SSSR count). The lowest BCUT2D eigenvalue weighted by molar-refractivity contribution is 0.0600. The number of imidazole rings is 1. The Morgan fingerprint density at radius 1 is 1.15 bits per heavy atom. The second-order valence-corrected chi connectivity index (χ2v) is 9.27. The van der Waals surface area contributed by atoms with Crippen LogP contribution in [0.4, 0.5) is 5.13 Å². The van der Waals surface area contributed by atoms with Crippen molar-refractivity contribution in [1.82, 2.24) is 19.9 Å². The van der Waals surface area contributed by atoms with Gasteiger partial charge in [0.2, 0.25) is 0 Å². The van der Waals surface area contributed by atoms with E-state index >= 15 is 0 Å². The number of methoxy groups -OCH3 is 1. The Balaban J connectivity index is 1.42. The summed E-state index contributed by atoms with van der Waals surface area (Å²) in [4.78, 5) is 38.5. The predicted octanol–water partition coefficient (Wildman–Crippen LogP) is 4.16. The average molecular weight is 478 g/mol. The number of H-pyrrole nitrogens is 1. The number of hydrogen-bond acceptors (Lipinski definition) is 7. The van der Waals surface area contributed by atoms with Gasteiger partial charge in [0.15, 0.2) is 5.13 Å². The standard InChI is InChI=1S/C25H27N5O3S/c1-30(2)19(9-11-22-26-12-13-27-22)14-16-4-10-20-21(15-16)34-25(28-20)29-23(31)17-5-7-18(8-6-17)24(32)33-3/h4-8,10,12-13,15,19H,9,11,14H2,1-3H3,(H,26,27)(H,28,29,31). The van der Waals surface area contributed by atoms with Gasteiger partial charge in [0, 0.05) is 30.4 Å². The van der Waals surface area contributed by atoms with E-state index in [1.165, 1.54) is 24.0 Å². The smallest absolute Gasteiger partial charge is 0.337 e. The number of aryl methyl sites for hydroxylation is 1. The number of anilines is 1. The second kappa shape index (κ2) is 10.6. The molecule has 0 spiro atoms. The predicted molar refractivity (Wildman–Crippen MR) is 133 cm³/mol. The van der Waals surface area contributed by atoms with Crippen molar-refractivity contribution in [2.24, 2.45) is 0 Å². The lowest BCUT2D eigenvalue weighted by atomic mass is 10.0. The number of esters is 1. The van der Waals surface area contributed by atoms with Crippen molar-refractivity contribution in [3.05, 3.63) is 77.4 Å². The molecule has 0 bridgehead atoms. The largest absolute Gasteiger partial charge is 0.465 e. The van der Waals surface area contributed by atoms with Crippen LogP contribution in [0.25, 0.3) is 10.2 Å². The molecule has 1 atom stereocenters.